The first-order valence-corrected chi connectivity index (χ1v) is 12.3. The summed E-state index contributed by atoms with van der Waals surface area (Å²) in [4.78, 5) is 11.1. The van der Waals surface area contributed by atoms with Crippen molar-refractivity contribution in [3.05, 3.63) is 12.2 Å². The molecule has 0 fully saturated rings. The summed E-state index contributed by atoms with van der Waals surface area (Å²) in [6.07, 6.45) is 14.9. The summed E-state index contributed by atoms with van der Waals surface area (Å²) in [5, 5.41) is 0. The minimum atomic E-state index is -0.389. The molecule has 0 aliphatic heterocycles. The van der Waals surface area contributed by atoms with Crippen LogP contribution in [0.2, 0.25) is 0 Å². The van der Waals surface area contributed by atoms with Crippen molar-refractivity contribution in [3.8, 4) is 0 Å². The van der Waals surface area contributed by atoms with Gasteiger partial charge in [0.05, 0.1) is 46.2 Å². The molecule has 0 radical (unpaired) electrons. The van der Waals surface area contributed by atoms with E-state index in [1.807, 2.05) is 0 Å². The second-order valence-electron chi connectivity index (χ2n) is 7.90. The molecular formula is C25H48O6. The van der Waals surface area contributed by atoms with Gasteiger partial charge in [0.25, 0.3) is 0 Å². The Morgan fingerprint density at radius 2 is 0.903 bits per heavy atom. The van der Waals surface area contributed by atoms with Crippen LogP contribution < -0.4 is 0 Å². The van der Waals surface area contributed by atoms with Gasteiger partial charge in [0.2, 0.25) is 0 Å². The van der Waals surface area contributed by atoms with E-state index in [1.54, 1.807) is 6.92 Å². The summed E-state index contributed by atoms with van der Waals surface area (Å²) in [5.74, 6) is -0.389. The van der Waals surface area contributed by atoms with Crippen LogP contribution >= 0.6 is 0 Å². The Balaban J connectivity index is 3.05. The van der Waals surface area contributed by atoms with Gasteiger partial charge in [-0.2, -0.15) is 0 Å². The minimum Gasteiger partial charge on any atom is -0.460 e. The third-order valence-electron chi connectivity index (χ3n) is 4.82. The molecule has 0 spiro atoms. The van der Waals surface area contributed by atoms with Gasteiger partial charge < -0.3 is 23.7 Å². The monoisotopic (exact) mass is 444 g/mol. The zero-order chi connectivity index (χ0) is 22.8. The van der Waals surface area contributed by atoms with Gasteiger partial charge in [-0.05, 0) is 13.3 Å². The van der Waals surface area contributed by atoms with Crippen LogP contribution in [0.3, 0.4) is 0 Å². The van der Waals surface area contributed by atoms with Crippen molar-refractivity contribution in [2.45, 2.75) is 84.5 Å². The van der Waals surface area contributed by atoms with Gasteiger partial charge in [-0.25, -0.2) is 4.79 Å². The van der Waals surface area contributed by atoms with Gasteiger partial charge in [0, 0.05) is 12.2 Å². The van der Waals surface area contributed by atoms with E-state index in [-0.39, 0.29) is 12.6 Å². The SMILES string of the molecule is C=C(C)C(=O)OCCOCCOCCOCCOCCCCCCCCCCCCC. The lowest BCUT2D eigenvalue weighted by molar-refractivity contribution is -0.140. The lowest BCUT2D eigenvalue weighted by atomic mass is 10.1. The smallest absolute Gasteiger partial charge is 0.333 e. The molecule has 6 nitrogen and oxygen atoms in total. The van der Waals surface area contributed by atoms with E-state index < -0.39 is 0 Å². The molecule has 0 saturated heterocycles. The minimum absolute atomic E-state index is 0.230. The van der Waals surface area contributed by atoms with Crippen LogP contribution in [-0.2, 0) is 28.5 Å². The lowest BCUT2D eigenvalue weighted by Crippen LogP contribution is -2.14. The van der Waals surface area contributed by atoms with Crippen LogP contribution in [0.15, 0.2) is 12.2 Å². The number of unbranched alkanes of at least 4 members (excludes halogenated alkanes) is 10. The molecule has 0 aromatic heterocycles. The summed E-state index contributed by atoms with van der Waals surface area (Å²) >= 11 is 0. The maximum absolute atomic E-state index is 11.1. The Kier molecular flexibility index (Phi) is 24.5. The normalized spacial score (nSPS) is 11.0. The molecule has 0 rings (SSSR count). The van der Waals surface area contributed by atoms with Crippen LogP contribution in [0.5, 0.6) is 0 Å². The van der Waals surface area contributed by atoms with Crippen LogP contribution in [0.4, 0.5) is 0 Å². The molecule has 0 saturated carbocycles. The fourth-order valence-electron chi connectivity index (χ4n) is 2.95. The first kappa shape index (κ1) is 30.0. The van der Waals surface area contributed by atoms with Gasteiger partial charge in [0.15, 0.2) is 0 Å². The summed E-state index contributed by atoms with van der Waals surface area (Å²) in [6.45, 7) is 12.1. The first-order valence-electron chi connectivity index (χ1n) is 12.3. The number of rotatable bonds is 25. The Labute approximate surface area is 191 Å². The average Bonchev–Trinajstić information content (AvgIpc) is 2.76. The summed E-state index contributed by atoms with van der Waals surface area (Å²) in [5.41, 5.74) is 0.391. The van der Waals surface area contributed by atoms with E-state index in [9.17, 15) is 4.79 Å². The average molecular weight is 445 g/mol. The number of carbonyl (C=O) groups excluding carboxylic acids is 1. The van der Waals surface area contributed by atoms with Gasteiger partial charge in [-0.1, -0.05) is 77.7 Å². The predicted molar refractivity (Wildman–Crippen MR) is 126 cm³/mol. The molecule has 0 amide bonds. The highest BCUT2D eigenvalue weighted by Gasteiger charge is 2.01. The van der Waals surface area contributed by atoms with Crippen molar-refractivity contribution in [2.24, 2.45) is 0 Å². The molecule has 0 unspecified atom stereocenters. The zero-order valence-corrected chi connectivity index (χ0v) is 20.3. The van der Waals surface area contributed by atoms with Gasteiger partial charge >= 0.3 is 5.97 Å². The molecule has 0 atom stereocenters. The van der Waals surface area contributed by atoms with Crippen molar-refractivity contribution in [3.63, 3.8) is 0 Å². The third kappa shape index (κ3) is 25.2. The quantitative estimate of drug-likeness (QED) is 0.105. The highest BCUT2D eigenvalue weighted by atomic mass is 16.6. The number of hydrogen-bond acceptors (Lipinski definition) is 6. The summed E-state index contributed by atoms with van der Waals surface area (Å²) in [7, 11) is 0. The van der Waals surface area contributed by atoms with Crippen molar-refractivity contribution in [1.29, 1.82) is 0 Å². The van der Waals surface area contributed by atoms with E-state index in [4.69, 9.17) is 23.7 Å². The fraction of sp³-hybridized carbons (Fsp3) is 0.880. The topological polar surface area (TPSA) is 63.2 Å². The van der Waals surface area contributed by atoms with E-state index in [1.165, 1.54) is 64.2 Å². The molecule has 6 heteroatoms. The van der Waals surface area contributed by atoms with Gasteiger partial charge in [-0.15, -0.1) is 0 Å². The number of ether oxygens (including phenoxy) is 5. The molecule has 0 N–H and O–H groups in total. The van der Waals surface area contributed by atoms with Crippen molar-refractivity contribution in [1.82, 2.24) is 0 Å². The second kappa shape index (κ2) is 25.3. The van der Waals surface area contributed by atoms with Crippen LogP contribution in [0.25, 0.3) is 0 Å². The fourth-order valence-corrected chi connectivity index (χ4v) is 2.95. The van der Waals surface area contributed by atoms with Crippen LogP contribution in [-0.4, -0.2) is 65.4 Å². The molecule has 0 aromatic rings. The number of carbonyl (C=O) groups is 1. The van der Waals surface area contributed by atoms with Crippen molar-refractivity contribution >= 4 is 5.97 Å². The summed E-state index contributed by atoms with van der Waals surface area (Å²) < 4.78 is 26.7. The van der Waals surface area contributed by atoms with E-state index >= 15 is 0 Å². The number of hydrogen-bond donors (Lipinski definition) is 0. The third-order valence-corrected chi connectivity index (χ3v) is 4.82. The number of esters is 1. The predicted octanol–water partition coefficient (Wildman–Crippen LogP) is 5.48. The van der Waals surface area contributed by atoms with Gasteiger partial charge in [0.1, 0.15) is 6.61 Å². The Morgan fingerprint density at radius 3 is 1.32 bits per heavy atom. The maximum atomic E-state index is 11.1. The zero-order valence-electron chi connectivity index (χ0n) is 20.3. The largest absolute Gasteiger partial charge is 0.460 e. The standard InChI is InChI=1S/C25H48O6/c1-4-5-6-7-8-9-10-11-12-13-14-15-27-16-17-28-18-19-29-20-21-30-22-23-31-25(26)24(2)3/h2,4-23H2,1,3H3. The molecule has 0 aliphatic carbocycles. The van der Waals surface area contributed by atoms with Crippen LogP contribution in [0, 0.1) is 0 Å². The first-order chi connectivity index (χ1) is 15.2. The molecular weight excluding hydrogens is 396 g/mol. The molecule has 0 aliphatic rings. The highest BCUT2D eigenvalue weighted by molar-refractivity contribution is 5.86. The Bertz CT molecular complexity index is 399. The Hall–Kier alpha value is -0.950. The van der Waals surface area contributed by atoms with E-state index in [0.717, 1.165) is 13.0 Å². The summed E-state index contributed by atoms with van der Waals surface area (Å²) in [6, 6.07) is 0. The second-order valence-corrected chi connectivity index (χ2v) is 7.90. The van der Waals surface area contributed by atoms with E-state index in [2.05, 4.69) is 13.5 Å². The molecule has 184 valence electrons. The Morgan fingerprint density at radius 1 is 0.548 bits per heavy atom. The van der Waals surface area contributed by atoms with Crippen molar-refractivity contribution in [2.75, 3.05) is 59.5 Å². The lowest BCUT2D eigenvalue weighted by Gasteiger charge is -2.08. The molecule has 0 aromatic carbocycles. The molecule has 31 heavy (non-hydrogen) atoms. The van der Waals surface area contributed by atoms with Gasteiger partial charge in [-0.3, -0.25) is 0 Å². The van der Waals surface area contributed by atoms with Crippen molar-refractivity contribution < 1.29 is 28.5 Å². The maximum Gasteiger partial charge on any atom is 0.333 e. The molecule has 0 bridgehead atoms. The van der Waals surface area contributed by atoms with Crippen LogP contribution in [0.1, 0.15) is 84.5 Å². The molecule has 0 heterocycles. The van der Waals surface area contributed by atoms with E-state index in [0.29, 0.717) is 51.8 Å². The highest BCUT2D eigenvalue weighted by Crippen LogP contribution is 2.11.